The third-order valence-corrected chi connectivity index (χ3v) is 3.66. The first-order chi connectivity index (χ1) is 7.72. The van der Waals surface area contributed by atoms with Crippen LogP contribution in [-0.2, 0) is 6.42 Å². The van der Waals surface area contributed by atoms with Gasteiger partial charge in [0.25, 0.3) is 0 Å². The fraction of sp³-hybridized carbons (Fsp3) is 0.571. The molecular weight excluding hydrogens is 232 g/mol. The summed E-state index contributed by atoms with van der Waals surface area (Å²) < 4.78 is 0. The molecule has 2 unspecified atom stereocenters. The van der Waals surface area contributed by atoms with Gasteiger partial charge in [-0.2, -0.15) is 25.3 Å². The van der Waals surface area contributed by atoms with E-state index in [1.165, 1.54) is 18.4 Å². The van der Waals surface area contributed by atoms with Crippen molar-refractivity contribution in [3.05, 3.63) is 35.9 Å². The van der Waals surface area contributed by atoms with E-state index in [9.17, 15) is 0 Å². The zero-order valence-corrected chi connectivity index (χ0v) is 11.7. The molecular formula is C14H21S2. The number of aryl methyl sites for hydroxylation is 1. The Morgan fingerprint density at radius 2 is 1.75 bits per heavy atom. The second-order valence-corrected chi connectivity index (χ2v) is 5.74. The molecule has 0 aliphatic rings. The highest BCUT2D eigenvalue weighted by atomic mass is 32.1. The molecule has 0 amide bonds. The predicted molar refractivity (Wildman–Crippen MR) is 78.7 cm³/mol. The summed E-state index contributed by atoms with van der Waals surface area (Å²) in [5.74, 6) is 0. The molecule has 0 nitrogen and oxygen atoms in total. The molecule has 0 fully saturated rings. The van der Waals surface area contributed by atoms with Gasteiger partial charge in [-0.05, 0) is 37.3 Å². The van der Waals surface area contributed by atoms with Gasteiger partial charge >= 0.3 is 0 Å². The highest BCUT2D eigenvalue weighted by molar-refractivity contribution is 7.81. The fourth-order valence-corrected chi connectivity index (χ4v) is 2.87. The summed E-state index contributed by atoms with van der Waals surface area (Å²) in [6.07, 6.45) is 5.76. The first-order valence-electron chi connectivity index (χ1n) is 6.03. The van der Waals surface area contributed by atoms with Gasteiger partial charge in [-0.1, -0.05) is 37.6 Å². The van der Waals surface area contributed by atoms with E-state index in [1.807, 2.05) is 12.1 Å². The van der Waals surface area contributed by atoms with Crippen LogP contribution in [0.4, 0.5) is 0 Å². The molecule has 1 rings (SSSR count). The maximum Gasteiger partial charge on any atom is 0.00304 e. The minimum atomic E-state index is 0.471. The Bertz CT molecular complexity index is 271. The fourth-order valence-electron chi connectivity index (χ4n) is 1.80. The summed E-state index contributed by atoms with van der Waals surface area (Å²) in [6, 6.07) is 11.2. The highest BCUT2D eigenvalue weighted by Crippen LogP contribution is 2.19. The Hall–Kier alpha value is -0.0800. The van der Waals surface area contributed by atoms with Crippen LogP contribution in [-0.4, -0.2) is 10.5 Å². The maximum absolute atomic E-state index is 4.64. The van der Waals surface area contributed by atoms with Gasteiger partial charge < -0.3 is 0 Å². The van der Waals surface area contributed by atoms with E-state index in [0.29, 0.717) is 10.5 Å². The molecule has 89 valence electrons. The summed E-state index contributed by atoms with van der Waals surface area (Å²) in [7, 11) is 0. The van der Waals surface area contributed by atoms with Crippen molar-refractivity contribution in [3.63, 3.8) is 0 Å². The summed E-state index contributed by atoms with van der Waals surface area (Å²) in [5, 5.41) is 0.981. The van der Waals surface area contributed by atoms with Crippen LogP contribution in [0.25, 0.3) is 0 Å². The summed E-state index contributed by atoms with van der Waals surface area (Å²) >= 11 is 9.21. The standard InChI is InChI=1S/C14H21S2/c1-2-6-13(15)11-14(16)10-9-12-7-4-3-5-8-12/h4-5,7-8,13-16H,2,6,9-11H2,1H3. The van der Waals surface area contributed by atoms with Crippen molar-refractivity contribution in [3.8, 4) is 0 Å². The third-order valence-electron chi connectivity index (χ3n) is 2.72. The van der Waals surface area contributed by atoms with E-state index in [1.54, 1.807) is 0 Å². The van der Waals surface area contributed by atoms with Crippen molar-refractivity contribution in [1.29, 1.82) is 0 Å². The van der Waals surface area contributed by atoms with Crippen LogP contribution in [0.15, 0.2) is 24.3 Å². The lowest BCUT2D eigenvalue weighted by atomic mass is 10.0. The van der Waals surface area contributed by atoms with Crippen LogP contribution >= 0.6 is 25.3 Å². The maximum atomic E-state index is 4.64. The zero-order chi connectivity index (χ0) is 11.8. The SMILES string of the molecule is CCCC(S)CC(S)CCc1cc[c]cc1. The summed E-state index contributed by atoms with van der Waals surface area (Å²) in [5.41, 5.74) is 1.38. The van der Waals surface area contributed by atoms with Crippen molar-refractivity contribution in [1.82, 2.24) is 0 Å². The zero-order valence-electron chi connectivity index (χ0n) is 9.89. The molecule has 1 aromatic carbocycles. The smallest absolute Gasteiger partial charge is 0.00304 e. The Morgan fingerprint density at radius 3 is 2.38 bits per heavy atom. The average Bonchev–Trinajstić information content (AvgIpc) is 2.28. The molecule has 2 atom stereocenters. The van der Waals surface area contributed by atoms with Gasteiger partial charge in [0.2, 0.25) is 0 Å². The molecule has 1 aromatic rings. The number of benzene rings is 1. The monoisotopic (exact) mass is 253 g/mol. The van der Waals surface area contributed by atoms with Gasteiger partial charge in [0.1, 0.15) is 0 Å². The Morgan fingerprint density at radius 1 is 1.12 bits per heavy atom. The number of hydrogen-bond acceptors (Lipinski definition) is 2. The summed E-state index contributed by atoms with van der Waals surface area (Å²) in [6.45, 7) is 2.21. The van der Waals surface area contributed by atoms with Crippen molar-refractivity contribution in [2.45, 2.75) is 49.5 Å². The van der Waals surface area contributed by atoms with Crippen molar-refractivity contribution in [2.75, 3.05) is 0 Å². The largest absolute Gasteiger partial charge is 0.176 e. The van der Waals surface area contributed by atoms with Crippen LogP contribution in [0.5, 0.6) is 0 Å². The molecule has 16 heavy (non-hydrogen) atoms. The molecule has 0 bridgehead atoms. The second-order valence-electron chi connectivity index (χ2n) is 4.28. The van der Waals surface area contributed by atoms with Crippen LogP contribution in [0.3, 0.4) is 0 Å². The van der Waals surface area contributed by atoms with Gasteiger partial charge in [-0.25, -0.2) is 0 Å². The van der Waals surface area contributed by atoms with Crippen molar-refractivity contribution in [2.24, 2.45) is 0 Å². The van der Waals surface area contributed by atoms with E-state index < -0.39 is 0 Å². The Kier molecular flexibility index (Phi) is 7.06. The normalized spacial score (nSPS) is 14.7. The number of thiol groups is 2. The average molecular weight is 253 g/mol. The molecule has 0 spiro atoms. The molecule has 1 radical (unpaired) electrons. The topological polar surface area (TPSA) is 0 Å². The predicted octanol–water partition coefficient (Wildman–Crippen LogP) is 4.21. The Labute approximate surface area is 111 Å². The summed E-state index contributed by atoms with van der Waals surface area (Å²) in [4.78, 5) is 0. The van der Waals surface area contributed by atoms with Gasteiger partial charge in [0, 0.05) is 10.5 Å². The minimum absolute atomic E-state index is 0.471. The Balaban J connectivity index is 2.22. The minimum Gasteiger partial charge on any atom is -0.176 e. The van der Waals surface area contributed by atoms with E-state index in [2.05, 4.69) is 50.4 Å². The van der Waals surface area contributed by atoms with E-state index in [0.717, 1.165) is 19.3 Å². The first kappa shape index (κ1) is 14.0. The van der Waals surface area contributed by atoms with Crippen LogP contribution in [0.1, 0.15) is 38.2 Å². The van der Waals surface area contributed by atoms with E-state index in [-0.39, 0.29) is 0 Å². The molecule has 0 saturated carbocycles. The molecule has 0 aliphatic carbocycles. The quantitative estimate of drug-likeness (QED) is 0.668. The highest BCUT2D eigenvalue weighted by Gasteiger charge is 2.09. The van der Waals surface area contributed by atoms with Gasteiger partial charge in [-0.3, -0.25) is 0 Å². The van der Waals surface area contributed by atoms with Crippen LogP contribution in [0.2, 0.25) is 0 Å². The second kappa shape index (κ2) is 8.08. The van der Waals surface area contributed by atoms with Gasteiger partial charge in [-0.15, -0.1) is 0 Å². The van der Waals surface area contributed by atoms with Crippen molar-refractivity contribution < 1.29 is 0 Å². The van der Waals surface area contributed by atoms with E-state index in [4.69, 9.17) is 0 Å². The van der Waals surface area contributed by atoms with E-state index >= 15 is 0 Å². The third kappa shape index (κ3) is 5.86. The van der Waals surface area contributed by atoms with Crippen LogP contribution < -0.4 is 0 Å². The lowest BCUT2D eigenvalue weighted by Gasteiger charge is -2.15. The molecule has 0 heterocycles. The molecule has 0 N–H and O–H groups in total. The lowest BCUT2D eigenvalue weighted by molar-refractivity contribution is 0.638. The number of rotatable bonds is 7. The molecule has 2 heteroatoms. The number of hydrogen-bond donors (Lipinski definition) is 2. The molecule has 0 aliphatic heterocycles. The lowest BCUT2D eigenvalue weighted by Crippen LogP contribution is -2.09. The van der Waals surface area contributed by atoms with Gasteiger partial charge in [0.05, 0.1) is 0 Å². The first-order valence-corrected chi connectivity index (χ1v) is 7.06. The molecule has 0 saturated heterocycles. The molecule has 0 aromatic heterocycles. The van der Waals surface area contributed by atoms with Crippen molar-refractivity contribution >= 4 is 25.3 Å². The van der Waals surface area contributed by atoms with Gasteiger partial charge in [0.15, 0.2) is 0 Å². The van der Waals surface area contributed by atoms with Crippen LogP contribution in [0, 0.1) is 6.07 Å².